The fourth-order valence-corrected chi connectivity index (χ4v) is 3.42. The van der Waals surface area contributed by atoms with Crippen molar-refractivity contribution < 1.29 is 4.74 Å². The first kappa shape index (κ1) is 13.8. The molecule has 1 fully saturated rings. The van der Waals surface area contributed by atoms with E-state index in [2.05, 4.69) is 30.6 Å². The van der Waals surface area contributed by atoms with Crippen LogP contribution in [-0.2, 0) is 0 Å². The van der Waals surface area contributed by atoms with Gasteiger partial charge in [-0.1, -0.05) is 24.6 Å². The highest BCUT2D eigenvalue weighted by molar-refractivity contribution is 8.00. The van der Waals surface area contributed by atoms with Gasteiger partial charge in [0.25, 0.3) is 0 Å². The monoisotopic (exact) mass is 265 g/mol. The first-order valence-corrected chi connectivity index (χ1v) is 7.85. The SMILES string of the molecule is COc1ccccc1[C@H](C)NCC1(SC)CCC1. The van der Waals surface area contributed by atoms with E-state index in [1.165, 1.54) is 24.8 Å². The smallest absolute Gasteiger partial charge is 0.123 e. The first-order valence-electron chi connectivity index (χ1n) is 6.62. The second kappa shape index (κ2) is 5.98. The van der Waals surface area contributed by atoms with Crippen LogP contribution in [0.3, 0.4) is 0 Å². The molecule has 0 heterocycles. The van der Waals surface area contributed by atoms with Crippen LogP contribution >= 0.6 is 11.8 Å². The molecule has 1 aromatic rings. The summed E-state index contributed by atoms with van der Waals surface area (Å²) in [6.45, 7) is 3.30. The molecule has 1 atom stereocenters. The average molecular weight is 265 g/mol. The molecule has 0 radical (unpaired) electrons. The standard InChI is InChI=1S/C15H23NOS/c1-12(13-7-4-5-8-14(13)17-2)16-11-15(18-3)9-6-10-15/h4-5,7-8,12,16H,6,9-11H2,1-3H3/t12-/m0/s1. The van der Waals surface area contributed by atoms with Gasteiger partial charge in [-0.05, 0) is 32.1 Å². The molecule has 2 rings (SSSR count). The lowest BCUT2D eigenvalue weighted by atomic mass is 9.84. The van der Waals surface area contributed by atoms with Crippen LogP contribution in [0.5, 0.6) is 5.75 Å². The number of para-hydroxylation sites is 1. The number of hydrogen-bond acceptors (Lipinski definition) is 3. The van der Waals surface area contributed by atoms with Gasteiger partial charge in [-0.2, -0.15) is 11.8 Å². The summed E-state index contributed by atoms with van der Waals surface area (Å²) in [6.07, 6.45) is 6.31. The molecule has 1 aliphatic carbocycles. The Bertz CT molecular complexity index is 384. The lowest BCUT2D eigenvalue weighted by Gasteiger charge is -2.41. The van der Waals surface area contributed by atoms with E-state index in [0.29, 0.717) is 10.8 Å². The Hall–Kier alpha value is -0.670. The van der Waals surface area contributed by atoms with Gasteiger partial charge >= 0.3 is 0 Å². The zero-order chi connectivity index (χ0) is 13.0. The topological polar surface area (TPSA) is 21.3 Å². The Morgan fingerprint density at radius 1 is 1.39 bits per heavy atom. The highest BCUT2D eigenvalue weighted by atomic mass is 32.2. The van der Waals surface area contributed by atoms with Crippen molar-refractivity contribution in [3.05, 3.63) is 29.8 Å². The molecule has 1 aliphatic rings. The molecule has 0 amide bonds. The van der Waals surface area contributed by atoms with Crippen molar-refractivity contribution in [2.45, 2.75) is 37.0 Å². The molecular formula is C15H23NOS. The number of rotatable bonds is 6. The van der Waals surface area contributed by atoms with Crippen LogP contribution in [0.2, 0.25) is 0 Å². The number of nitrogens with one attached hydrogen (secondary N) is 1. The summed E-state index contributed by atoms with van der Waals surface area (Å²) in [6, 6.07) is 8.60. The van der Waals surface area contributed by atoms with E-state index in [1.807, 2.05) is 23.9 Å². The summed E-state index contributed by atoms with van der Waals surface area (Å²) in [5, 5.41) is 3.67. The predicted octanol–water partition coefficient (Wildman–Crippen LogP) is 3.63. The Balaban J connectivity index is 1.97. The second-order valence-corrected chi connectivity index (χ2v) is 6.36. The minimum absolute atomic E-state index is 0.339. The van der Waals surface area contributed by atoms with Crippen LogP contribution in [-0.4, -0.2) is 24.7 Å². The van der Waals surface area contributed by atoms with Crippen molar-refractivity contribution in [2.24, 2.45) is 0 Å². The molecular weight excluding hydrogens is 242 g/mol. The molecule has 0 aliphatic heterocycles. The molecule has 18 heavy (non-hydrogen) atoms. The summed E-state index contributed by atoms with van der Waals surface area (Å²) in [5.41, 5.74) is 1.25. The van der Waals surface area contributed by atoms with Gasteiger partial charge in [-0.25, -0.2) is 0 Å². The largest absolute Gasteiger partial charge is 0.496 e. The summed E-state index contributed by atoms with van der Waals surface area (Å²) in [7, 11) is 1.74. The fourth-order valence-electron chi connectivity index (χ4n) is 2.50. The van der Waals surface area contributed by atoms with Crippen molar-refractivity contribution in [1.82, 2.24) is 5.32 Å². The van der Waals surface area contributed by atoms with Crippen molar-refractivity contribution >= 4 is 11.8 Å². The molecule has 3 heteroatoms. The van der Waals surface area contributed by atoms with Gasteiger partial charge in [0, 0.05) is 22.9 Å². The zero-order valence-corrected chi connectivity index (χ0v) is 12.3. The van der Waals surface area contributed by atoms with E-state index in [-0.39, 0.29) is 0 Å². The van der Waals surface area contributed by atoms with Gasteiger partial charge in [0.15, 0.2) is 0 Å². The van der Waals surface area contributed by atoms with E-state index >= 15 is 0 Å². The zero-order valence-electron chi connectivity index (χ0n) is 11.5. The molecule has 0 aromatic heterocycles. The molecule has 0 spiro atoms. The van der Waals surface area contributed by atoms with Gasteiger partial charge < -0.3 is 10.1 Å². The van der Waals surface area contributed by atoms with Crippen molar-refractivity contribution in [1.29, 1.82) is 0 Å². The molecule has 100 valence electrons. The highest BCUT2D eigenvalue weighted by Crippen LogP contribution is 2.42. The van der Waals surface area contributed by atoms with E-state index in [1.54, 1.807) is 7.11 Å². The summed E-state index contributed by atoms with van der Waals surface area (Å²) >= 11 is 2.01. The third kappa shape index (κ3) is 2.83. The quantitative estimate of drug-likeness (QED) is 0.848. The Morgan fingerprint density at radius 3 is 2.67 bits per heavy atom. The average Bonchev–Trinajstić information content (AvgIpc) is 2.37. The van der Waals surface area contributed by atoms with Crippen LogP contribution < -0.4 is 10.1 Å². The van der Waals surface area contributed by atoms with E-state index in [4.69, 9.17) is 4.74 Å². The maximum Gasteiger partial charge on any atom is 0.123 e. The highest BCUT2D eigenvalue weighted by Gasteiger charge is 2.36. The molecule has 1 aromatic carbocycles. The van der Waals surface area contributed by atoms with Crippen LogP contribution in [0.4, 0.5) is 0 Å². The predicted molar refractivity (Wildman–Crippen MR) is 79.5 cm³/mol. The third-order valence-corrected chi connectivity index (χ3v) is 5.45. The van der Waals surface area contributed by atoms with Gasteiger partial charge in [0.2, 0.25) is 0 Å². The lowest BCUT2D eigenvalue weighted by Crippen LogP contribution is -2.44. The maximum absolute atomic E-state index is 5.42. The van der Waals surface area contributed by atoms with Gasteiger partial charge in [-0.15, -0.1) is 0 Å². The molecule has 0 unspecified atom stereocenters. The van der Waals surface area contributed by atoms with Crippen molar-refractivity contribution in [3.63, 3.8) is 0 Å². The molecule has 2 nitrogen and oxygen atoms in total. The normalized spacial score (nSPS) is 19.1. The van der Waals surface area contributed by atoms with Crippen molar-refractivity contribution in [3.8, 4) is 5.75 Å². The molecule has 1 N–H and O–H groups in total. The summed E-state index contributed by atoms with van der Waals surface area (Å²) in [4.78, 5) is 0. The molecule has 0 saturated heterocycles. The van der Waals surface area contributed by atoms with E-state index < -0.39 is 0 Å². The van der Waals surface area contributed by atoms with Crippen LogP contribution in [0.25, 0.3) is 0 Å². The van der Waals surface area contributed by atoms with Gasteiger partial charge in [0.1, 0.15) is 5.75 Å². The van der Waals surface area contributed by atoms with Crippen LogP contribution in [0.15, 0.2) is 24.3 Å². The van der Waals surface area contributed by atoms with Crippen LogP contribution in [0, 0.1) is 0 Å². The maximum atomic E-state index is 5.42. The minimum atomic E-state index is 0.339. The Morgan fingerprint density at radius 2 is 2.11 bits per heavy atom. The number of ether oxygens (including phenoxy) is 1. The first-order chi connectivity index (χ1) is 8.71. The minimum Gasteiger partial charge on any atom is -0.496 e. The Labute approximate surface area is 114 Å². The Kier molecular flexibility index (Phi) is 4.57. The van der Waals surface area contributed by atoms with Crippen molar-refractivity contribution in [2.75, 3.05) is 19.9 Å². The molecule has 0 bridgehead atoms. The van der Waals surface area contributed by atoms with E-state index in [9.17, 15) is 0 Å². The summed E-state index contributed by atoms with van der Waals surface area (Å²) < 4.78 is 5.90. The molecule has 1 saturated carbocycles. The van der Waals surface area contributed by atoms with Crippen LogP contribution in [0.1, 0.15) is 37.8 Å². The third-order valence-electron chi connectivity index (χ3n) is 4.03. The second-order valence-electron chi connectivity index (χ2n) is 5.09. The number of thioether (sulfide) groups is 1. The van der Waals surface area contributed by atoms with Gasteiger partial charge in [-0.3, -0.25) is 0 Å². The van der Waals surface area contributed by atoms with Gasteiger partial charge in [0.05, 0.1) is 7.11 Å². The lowest BCUT2D eigenvalue weighted by molar-refractivity contribution is 0.331. The number of benzene rings is 1. The summed E-state index contributed by atoms with van der Waals surface area (Å²) in [5.74, 6) is 0.976. The van der Waals surface area contributed by atoms with E-state index in [0.717, 1.165) is 12.3 Å². The fraction of sp³-hybridized carbons (Fsp3) is 0.600. The number of hydrogen-bond donors (Lipinski definition) is 1. The number of methoxy groups -OCH3 is 1.